The van der Waals surface area contributed by atoms with Crippen molar-refractivity contribution in [3.05, 3.63) is 78.2 Å². The fraction of sp³-hybridized carbons (Fsp3) is 0.0526. The van der Waals surface area contributed by atoms with Crippen LogP contribution in [0.25, 0.3) is 28.2 Å². The lowest BCUT2D eigenvalue weighted by atomic mass is 10.1. The molecule has 0 aliphatic carbocycles. The normalized spacial score (nSPS) is 11.0. The van der Waals surface area contributed by atoms with Crippen molar-refractivity contribution in [2.45, 2.75) is 6.92 Å². The van der Waals surface area contributed by atoms with E-state index in [1.807, 2.05) is 53.9 Å². The number of halogens is 1. The van der Waals surface area contributed by atoms with Crippen molar-refractivity contribution in [3.63, 3.8) is 0 Å². The van der Waals surface area contributed by atoms with Gasteiger partial charge in [-0.15, -0.1) is 0 Å². The Hall–Kier alpha value is -3.01. The van der Waals surface area contributed by atoms with Crippen molar-refractivity contribution in [2.24, 2.45) is 0 Å². The maximum atomic E-state index is 13.2. The highest BCUT2D eigenvalue weighted by Gasteiger charge is 2.11. The molecule has 0 atom stereocenters. The van der Waals surface area contributed by atoms with Gasteiger partial charge in [-0.2, -0.15) is 5.10 Å². The molecule has 0 unspecified atom stereocenters. The Morgan fingerprint density at radius 1 is 0.870 bits per heavy atom. The van der Waals surface area contributed by atoms with Gasteiger partial charge in [0.1, 0.15) is 5.82 Å². The van der Waals surface area contributed by atoms with Crippen molar-refractivity contribution in [2.75, 3.05) is 0 Å². The number of nitrogens with zero attached hydrogens (tertiary/aromatic N) is 3. The molecule has 0 aliphatic heterocycles. The van der Waals surface area contributed by atoms with E-state index in [1.165, 1.54) is 12.1 Å². The molecule has 0 saturated heterocycles. The van der Waals surface area contributed by atoms with Gasteiger partial charge in [-0.25, -0.2) is 13.9 Å². The van der Waals surface area contributed by atoms with E-state index in [4.69, 9.17) is 0 Å². The van der Waals surface area contributed by atoms with Crippen LogP contribution in [0.2, 0.25) is 0 Å². The molecule has 0 spiro atoms. The van der Waals surface area contributed by atoms with Crippen LogP contribution in [0, 0.1) is 12.7 Å². The summed E-state index contributed by atoms with van der Waals surface area (Å²) < 4.78 is 15.0. The molecule has 3 nitrogen and oxygen atoms in total. The number of aromatic nitrogens is 3. The number of hydrogen-bond donors (Lipinski definition) is 0. The van der Waals surface area contributed by atoms with E-state index in [9.17, 15) is 4.39 Å². The maximum absolute atomic E-state index is 13.2. The van der Waals surface area contributed by atoms with E-state index in [0.717, 1.165) is 33.9 Å². The van der Waals surface area contributed by atoms with Gasteiger partial charge >= 0.3 is 0 Å². The van der Waals surface area contributed by atoms with Crippen LogP contribution < -0.4 is 0 Å². The van der Waals surface area contributed by atoms with Crippen molar-refractivity contribution >= 4 is 5.65 Å². The highest BCUT2D eigenvalue weighted by molar-refractivity contribution is 5.68. The first kappa shape index (κ1) is 13.6. The standard InChI is InChI=1S/C19H14FN3/c1-13-11-18(15-7-9-16(20)10-8-15)23-19(21-13)12-17(22-23)14-5-3-2-4-6-14/h2-12H,1H3. The van der Waals surface area contributed by atoms with Gasteiger partial charge in [0, 0.05) is 22.9 Å². The predicted octanol–water partition coefficient (Wildman–Crippen LogP) is 4.51. The molecule has 0 radical (unpaired) electrons. The van der Waals surface area contributed by atoms with Gasteiger partial charge < -0.3 is 0 Å². The maximum Gasteiger partial charge on any atom is 0.156 e. The summed E-state index contributed by atoms with van der Waals surface area (Å²) in [5.41, 5.74) is 5.39. The van der Waals surface area contributed by atoms with E-state index < -0.39 is 0 Å². The topological polar surface area (TPSA) is 30.2 Å². The lowest BCUT2D eigenvalue weighted by Gasteiger charge is -2.06. The summed E-state index contributed by atoms with van der Waals surface area (Å²) >= 11 is 0. The minimum atomic E-state index is -0.249. The zero-order valence-electron chi connectivity index (χ0n) is 12.6. The second-order valence-corrected chi connectivity index (χ2v) is 5.46. The van der Waals surface area contributed by atoms with Crippen molar-refractivity contribution in [3.8, 4) is 22.5 Å². The highest BCUT2D eigenvalue weighted by atomic mass is 19.1. The Morgan fingerprint density at radius 2 is 1.61 bits per heavy atom. The van der Waals surface area contributed by atoms with Gasteiger partial charge in [0.25, 0.3) is 0 Å². The number of benzene rings is 2. The first-order valence-electron chi connectivity index (χ1n) is 7.39. The Morgan fingerprint density at radius 3 is 2.35 bits per heavy atom. The second kappa shape index (κ2) is 5.32. The zero-order valence-corrected chi connectivity index (χ0v) is 12.6. The van der Waals surface area contributed by atoms with Gasteiger partial charge in [0.05, 0.1) is 11.4 Å². The van der Waals surface area contributed by atoms with Crippen LogP contribution >= 0.6 is 0 Å². The van der Waals surface area contributed by atoms with E-state index >= 15 is 0 Å². The minimum absolute atomic E-state index is 0.249. The third kappa shape index (κ3) is 2.48. The fourth-order valence-electron chi connectivity index (χ4n) is 2.68. The van der Waals surface area contributed by atoms with Crippen LogP contribution in [-0.2, 0) is 0 Å². The molecule has 0 amide bonds. The van der Waals surface area contributed by atoms with Crippen LogP contribution in [0.4, 0.5) is 4.39 Å². The molecule has 0 aliphatic rings. The van der Waals surface area contributed by atoms with Gasteiger partial charge in [-0.3, -0.25) is 0 Å². The van der Waals surface area contributed by atoms with Crippen LogP contribution in [0.3, 0.4) is 0 Å². The first-order valence-corrected chi connectivity index (χ1v) is 7.39. The monoisotopic (exact) mass is 303 g/mol. The molecule has 2 aromatic carbocycles. The van der Waals surface area contributed by atoms with Crippen LogP contribution in [0.1, 0.15) is 5.69 Å². The molecule has 0 bridgehead atoms. The third-order valence-electron chi connectivity index (χ3n) is 3.76. The fourth-order valence-corrected chi connectivity index (χ4v) is 2.68. The quantitative estimate of drug-likeness (QED) is 0.545. The minimum Gasteiger partial charge on any atom is -0.234 e. The van der Waals surface area contributed by atoms with E-state index in [0.29, 0.717) is 0 Å². The molecular formula is C19H14FN3. The highest BCUT2D eigenvalue weighted by Crippen LogP contribution is 2.25. The zero-order chi connectivity index (χ0) is 15.8. The summed E-state index contributed by atoms with van der Waals surface area (Å²) in [7, 11) is 0. The average molecular weight is 303 g/mol. The molecule has 0 N–H and O–H groups in total. The van der Waals surface area contributed by atoms with Crippen LogP contribution in [-0.4, -0.2) is 14.6 Å². The largest absolute Gasteiger partial charge is 0.234 e. The first-order chi connectivity index (χ1) is 11.2. The number of fused-ring (bicyclic) bond motifs is 1. The molecule has 4 aromatic rings. The Balaban J connectivity index is 1.94. The molecule has 2 heterocycles. The smallest absolute Gasteiger partial charge is 0.156 e. The lowest BCUT2D eigenvalue weighted by Crippen LogP contribution is -1.98. The molecule has 0 fully saturated rings. The second-order valence-electron chi connectivity index (χ2n) is 5.46. The molecular weight excluding hydrogens is 289 g/mol. The molecule has 0 saturated carbocycles. The van der Waals surface area contributed by atoms with E-state index in [1.54, 1.807) is 12.1 Å². The molecule has 112 valence electrons. The number of hydrogen-bond acceptors (Lipinski definition) is 2. The summed E-state index contributed by atoms with van der Waals surface area (Å²) in [5, 5.41) is 4.68. The average Bonchev–Trinajstić information content (AvgIpc) is 2.99. The summed E-state index contributed by atoms with van der Waals surface area (Å²) in [6.07, 6.45) is 0. The van der Waals surface area contributed by atoms with Crippen molar-refractivity contribution in [1.29, 1.82) is 0 Å². The number of aryl methyl sites for hydroxylation is 1. The van der Waals surface area contributed by atoms with E-state index in [2.05, 4.69) is 10.1 Å². The van der Waals surface area contributed by atoms with Gasteiger partial charge in [0.2, 0.25) is 0 Å². The summed E-state index contributed by atoms with van der Waals surface area (Å²) in [6.45, 7) is 1.95. The van der Waals surface area contributed by atoms with Crippen molar-refractivity contribution in [1.82, 2.24) is 14.6 Å². The predicted molar refractivity (Wildman–Crippen MR) is 88.6 cm³/mol. The molecule has 2 aromatic heterocycles. The Kier molecular flexibility index (Phi) is 3.15. The Bertz CT molecular complexity index is 973. The SMILES string of the molecule is Cc1cc(-c2ccc(F)cc2)n2nc(-c3ccccc3)cc2n1. The molecule has 4 rings (SSSR count). The summed E-state index contributed by atoms with van der Waals surface area (Å²) in [6, 6.07) is 20.3. The Labute approximate surface area is 133 Å². The van der Waals surface area contributed by atoms with Gasteiger partial charge in [0.15, 0.2) is 5.65 Å². The van der Waals surface area contributed by atoms with E-state index in [-0.39, 0.29) is 5.82 Å². The number of rotatable bonds is 2. The molecule has 4 heteroatoms. The summed E-state index contributed by atoms with van der Waals surface area (Å²) in [4.78, 5) is 4.55. The van der Waals surface area contributed by atoms with Gasteiger partial charge in [-0.05, 0) is 37.3 Å². The third-order valence-corrected chi connectivity index (χ3v) is 3.76. The van der Waals surface area contributed by atoms with Crippen LogP contribution in [0.5, 0.6) is 0 Å². The van der Waals surface area contributed by atoms with Crippen molar-refractivity contribution < 1.29 is 4.39 Å². The lowest BCUT2D eigenvalue weighted by molar-refractivity contribution is 0.628. The molecule has 23 heavy (non-hydrogen) atoms. The van der Waals surface area contributed by atoms with Crippen LogP contribution in [0.15, 0.2) is 66.7 Å². The van der Waals surface area contributed by atoms with Gasteiger partial charge in [-0.1, -0.05) is 30.3 Å². The summed E-state index contributed by atoms with van der Waals surface area (Å²) in [5.74, 6) is -0.249.